The quantitative estimate of drug-likeness (QED) is 0.382. The number of ether oxygens (including phenoxy) is 2. The summed E-state index contributed by atoms with van der Waals surface area (Å²) in [5.74, 6) is 1.32. The largest absolute Gasteiger partial charge is 0.438 e. The molecule has 2 amide bonds. The number of rotatable bonds is 7. The molecule has 2 heterocycles. The summed E-state index contributed by atoms with van der Waals surface area (Å²) in [5, 5.41) is 17.8. The number of anilines is 2. The molecule has 11 heteroatoms. The Morgan fingerprint density at radius 3 is 2.32 bits per heavy atom. The number of benzene rings is 2. The maximum absolute atomic E-state index is 12.3. The van der Waals surface area contributed by atoms with Crippen molar-refractivity contribution in [2.45, 2.75) is 20.5 Å². The molecule has 0 radical (unpaired) electrons. The molecule has 34 heavy (non-hydrogen) atoms. The molecule has 0 spiro atoms. The molecule has 2 aromatic heterocycles. The number of carbonyl (C=O) groups excluding carboxylic acids is 1. The average molecular weight is 466 g/mol. The molecular formula is C23H20F2N6O3. The van der Waals surface area contributed by atoms with Gasteiger partial charge in [-0.05, 0) is 62.4 Å². The number of urea groups is 1. The van der Waals surface area contributed by atoms with Crippen molar-refractivity contribution in [3.63, 3.8) is 0 Å². The lowest BCUT2D eigenvalue weighted by atomic mass is 10.3. The number of amides is 2. The summed E-state index contributed by atoms with van der Waals surface area (Å²) in [7, 11) is 0. The first-order chi connectivity index (χ1) is 16.4. The van der Waals surface area contributed by atoms with Crippen molar-refractivity contribution in [1.29, 1.82) is 0 Å². The van der Waals surface area contributed by atoms with Crippen molar-refractivity contribution >= 4 is 17.4 Å². The van der Waals surface area contributed by atoms with Gasteiger partial charge in [0.25, 0.3) is 0 Å². The zero-order chi connectivity index (χ0) is 24.1. The van der Waals surface area contributed by atoms with Gasteiger partial charge in [-0.1, -0.05) is 6.07 Å². The maximum atomic E-state index is 12.3. The molecule has 0 saturated carbocycles. The Balaban J connectivity index is 1.33. The molecule has 9 nitrogen and oxygen atoms in total. The van der Waals surface area contributed by atoms with E-state index < -0.39 is 12.6 Å². The highest BCUT2D eigenvalue weighted by atomic mass is 19.3. The van der Waals surface area contributed by atoms with Crippen molar-refractivity contribution in [3.8, 4) is 23.2 Å². The van der Waals surface area contributed by atoms with E-state index in [1.807, 2.05) is 19.9 Å². The summed E-state index contributed by atoms with van der Waals surface area (Å²) >= 11 is 0. The first-order valence-corrected chi connectivity index (χ1v) is 10.1. The molecular weight excluding hydrogens is 446 g/mol. The van der Waals surface area contributed by atoms with Crippen LogP contribution in [0.5, 0.6) is 17.4 Å². The second-order valence-electron chi connectivity index (χ2n) is 7.18. The average Bonchev–Trinajstić information content (AvgIpc) is 3.13. The van der Waals surface area contributed by atoms with Crippen molar-refractivity contribution in [2.24, 2.45) is 0 Å². The van der Waals surface area contributed by atoms with Crippen LogP contribution >= 0.6 is 0 Å². The minimum Gasteiger partial charge on any atom is -0.438 e. The second kappa shape index (κ2) is 9.94. The molecule has 4 aromatic rings. The Bertz CT molecular complexity index is 1280. The highest BCUT2D eigenvalue weighted by molar-refractivity contribution is 5.99. The number of hydrogen-bond acceptors (Lipinski definition) is 6. The van der Waals surface area contributed by atoms with Gasteiger partial charge in [-0.3, -0.25) is 0 Å². The Morgan fingerprint density at radius 2 is 1.68 bits per heavy atom. The molecule has 0 aliphatic rings. The van der Waals surface area contributed by atoms with Crippen LogP contribution in [0.15, 0.2) is 66.7 Å². The van der Waals surface area contributed by atoms with Gasteiger partial charge in [-0.15, -0.1) is 10.2 Å². The van der Waals surface area contributed by atoms with Crippen LogP contribution in [0.3, 0.4) is 0 Å². The summed E-state index contributed by atoms with van der Waals surface area (Å²) < 4.78 is 36.4. The van der Waals surface area contributed by atoms with E-state index in [0.717, 1.165) is 11.4 Å². The van der Waals surface area contributed by atoms with E-state index in [1.54, 1.807) is 47.1 Å². The first kappa shape index (κ1) is 22.6. The number of carbonyl (C=O) groups is 1. The minimum absolute atomic E-state index is 0.0553. The van der Waals surface area contributed by atoms with E-state index in [9.17, 15) is 13.6 Å². The summed E-state index contributed by atoms with van der Waals surface area (Å²) in [6.45, 7) is 0.888. The van der Waals surface area contributed by atoms with Crippen molar-refractivity contribution in [2.75, 3.05) is 10.6 Å². The highest BCUT2D eigenvalue weighted by Gasteiger charge is 2.09. The number of halogens is 2. The third kappa shape index (κ3) is 5.82. The van der Waals surface area contributed by atoms with Crippen LogP contribution in [0.25, 0.3) is 5.82 Å². The zero-order valence-electron chi connectivity index (χ0n) is 18.2. The SMILES string of the molecule is Cc1cc(C)n(-c2ccc(Oc3ccc(NC(=O)Nc4cccc(OC(F)F)c4)cc3)nn2)n1. The van der Waals surface area contributed by atoms with E-state index in [1.165, 1.54) is 18.2 Å². The zero-order valence-corrected chi connectivity index (χ0v) is 18.2. The Morgan fingerprint density at radius 1 is 0.912 bits per heavy atom. The Hall–Kier alpha value is -4.54. The van der Waals surface area contributed by atoms with Gasteiger partial charge in [0, 0.05) is 29.2 Å². The van der Waals surface area contributed by atoms with Gasteiger partial charge in [0.05, 0.1) is 5.69 Å². The van der Waals surface area contributed by atoms with Gasteiger partial charge in [0.2, 0.25) is 5.88 Å². The smallest absolute Gasteiger partial charge is 0.387 e. The van der Waals surface area contributed by atoms with Gasteiger partial charge in [-0.25, -0.2) is 9.48 Å². The van der Waals surface area contributed by atoms with Crippen molar-refractivity contribution in [3.05, 3.63) is 78.1 Å². The van der Waals surface area contributed by atoms with Crippen molar-refractivity contribution in [1.82, 2.24) is 20.0 Å². The number of aromatic nitrogens is 4. The fourth-order valence-corrected chi connectivity index (χ4v) is 3.11. The predicted octanol–water partition coefficient (Wildman–Crippen LogP) is 5.32. The van der Waals surface area contributed by atoms with Gasteiger partial charge >= 0.3 is 12.6 Å². The van der Waals surface area contributed by atoms with Gasteiger partial charge in [0.1, 0.15) is 11.5 Å². The van der Waals surface area contributed by atoms with E-state index in [0.29, 0.717) is 28.8 Å². The van der Waals surface area contributed by atoms with Crippen LogP contribution in [0.4, 0.5) is 25.0 Å². The topological polar surface area (TPSA) is 103 Å². The molecule has 0 aliphatic carbocycles. The van der Waals surface area contributed by atoms with Crippen LogP contribution in [-0.4, -0.2) is 32.6 Å². The van der Waals surface area contributed by atoms with Gasteiger partial charge < -0.3 is 20.1 Å². The molecule has 0 atom stereocenters. The fourth-order valence-electron chi connectivity index (χ4n) is 3.11. The number of hydrogen-bond donors (Lipinski definition) is 2. The maximum Gasteiger partial charge on any atom is 0.387 e. The van der Waals surface area contributed by atoms with E-state index in [-0.39, 0.29) is 5.75 Å². The summed E-state index contributed by atoms with van der Waals surface area (Å²) in [5.41, 5.74) is 2.63. The summed E-state index contributed by atoms with van der Waals surface area (Å²) in [6, 6.07) is 17.1. The predicted molar refractivity (Wildman–Crippen MR) is 121 cm³/mol. The Labute approximate surface area is 193 Å². The van der Waals surface area contributed by atoms with Crippen molar-refractivity contribution < 1.29 is 23.0 Å². The molecule has 0 bridgehead atoms. The number of nitrogens with zero attached hydrogens (tertiary/aromatic N) is 4. The van der Waals surface area contributed by atoms with Crippen LogP contribution in [0.1, 0.15) is 11.4 Å². The summed E-state index contributed by atoms with van der Waals surface area (Å²) in [6.07, 6.45) is 0. The second-order valence-corrected chi connectivity index (χ2v) is 7.18. The minimum atomic E-state index is -2.95. The normalized spacial score (nSPS) is 10.7. The highest BCUT2D eigenvalue weighted by Crippen LogP contribution is 2.23. The Kier molecular flexibility index (Phi) is 6.62. The van der Waals surface area contributed by atoms with Crippen LogP contribution < -0.4 is 20.1 Å². The van der Waals surface area contributed by atoms with E-state index >= 15 is 0 Å². The first-order valence-electron chi connectivity index (χ1n) is 10.1. The molecule has 0 fully saturated rings. The van der Waals surface area contributed by atoms with Crippen LogP contribution in [0.2, 0.25) is 0 Å². The lowest BCUT2D eigenvalue weighted by Gasteiger charge is -2.10. The standard InChI is InChI=1S/C23H20F2N6O3/c1-14-12-15(2)31(30-14)20-10-11-21(29-28-20)33-18-8-6-16(7-9-18)26-23(32)27-17-4-3-5-19(13-17)34-22(24)25/h3-13,22H,1-2H3,(H2,26,27,32). The molecule has 0 unspecified atom stereocenters. The van der Waals surface area contributed by atoms with Crippen LogP contribution in [0, 0.1) is 13.8 Å². The number of aryl methyl sites for hydroxylation is 2. The molecule has 0 saturated heterocycles. The third-order valence-corrected chi connectivity index (χ3v) is 4.50. The number of alkyl halides is 2. The fraction of sp³-hybridized carbons (Fsp3) is 0.130. The van der Waals surface area contributed by atoms with Gasteiger partial charge in [-0.2, -0.15) is 13.9 Å². The molecule has 4 rings (SSSR count). The van der Waals surface area contributed by atoms with Crippen LogP contribution in [-0.2, 0) is 0 Å². The third-order valence-electron chi connectivity index (χ3n) is 4.50. The van der Waals surface area contributed by atoms with E-state index in [2.05, 4.69) is 30.7 Å². The molecule has 2 aromatic carbocycles. The van der Waals surface area contributed by atoms with Gasteiger partial charge in [0.15, 0.2) is 5.82 Å². The lowest BCUT2D eigenvalue weighted by Crippen LogP contribution is -2.19. The number of nitrogens with one attached hydrogen (secondary N) is 2. The molecule has 174 valence electrons. The molecule has 0 aliphatic heterocycles. The molecule has 2 N–H and O–H groups in total. The van der Waals surface area contributed by atoms with E-state index in [4.69, 9.17) is 4.74 Å². The summed E-state index contributed by atoms with van der Waals surface area (Å²) in [4.78, 5) is 12.2. The monoisotopic (exact) mass is 466 g/mol. The lowest BCUT2D eigenvalue weighted by molar-refractivity contribution is -0.0498.